The number of aromatic hydroxyl groups is 1. The maximum absolute atomic E-state index is 14.4. The number of aliphatic hydroxyl groups excluding tert-OH is 2. The fourth-order valence-corrected chi connectivity index (χ4v) is 8.37. The first-order chi connectivity index (χ1) is 32.1. The molecule has 0 spiro atoms. The molecule has 11 unspecified atom stereocenters. The lowest BCUT2D eigenvalue weighted by atomic mass is 9.86. The normalized spacial score (nSPS) is 24.4. The molecule has 1 aromatic rings. The van der Waals surface area contributed by atoms with Gasteiger partial charge in [-0.1, -0.05) is 104 Å². The topological polar surface area (TPSA) is 304 Å². The number of primary amides is 1. The van der Waals surface area contributed by atoms with E-state index in [2.05, 4.69) is 28.2 Å². The molecule has 18 nitrogen and oxygen atoms in total. The van der Waals surface area contributed by atoms with Crippen molar-refractivity contribution in [3.05, 3.63) is 29.8 Å². The first-order valence-electron chi connectivity index (χ1n) is 24.5. The van der Waals surface area contributed by atoms with Crippen LogP contribution in [0.1, 0.15) is 157 Å². The number of esters is 1. The van der Waals surface area contributed by atoms with Crippen LogP contribution in [-0.4, -0.2) is 111 Å². The number of phenols is 1. The number of nitrogens with one attached hydrogen (secondary N) is 5. The number of amides is 5. The zero-order valence-corrected chi connectivity index (χ0v) is 41.3. The molecule has 1 fully saturated rings. The van der Waals surface area contributed by atoms with E-state index in [0.717, 1.165) is 25.7 Å². The van der Waals surface area contributed by atoms with E-state index in [1.807, 2.05) is 0 Å². The lowest BCUT2D eigenvalue weighted by molar-refractivity contribution is -0.157. The molecule has 5 amide bonds. The first-order valence-corrected chi connectivity index (χ1v) is 24.5. The SMILES string of the molecule is CCCCCCCCCCCC(CC(C)=N)C(O)CC(=O)NC1C(=O)NC(C(C)CC)C(=O)CC(Cc2ccc(O)cc2)C(=O)NC(C(C)O)C(=O)NC(CC(N)=O)C(=O)CC(C)C(=O)OC1C. The molecule has 68 heavy (non-hydrogen) atoms. The second kappa shape index (κ2) is 30.3. The minimum atomic E-state index is -1.69. The Morgan fingerprint density at radius 2 is 1.40 bits per heavy atom. The molecule has 0 aliphatic carbocycles. The molecule has 0 saturated carbocycles. The van der Waals surface area contributed by atoms with Gasteiger partial charge in [0.15, 0.2) is 11.6 Å². The molecule has 1 heterocycles. The number of carbonyl (C=O) groups is 8. The van der Waals surface area contributed by atoms with Crippen molar-refractivity contribution >= 4 is 52.8 Å². The monoisotopic (exact) mass is 957 g/mol. The highest BCUT2D eigenvalue weighted by Crippen LogP contribution is 2.24. The molecule has 0 aromatic heterocycles. The van der Waals surface area contributed by atoms with Gasteiger partial charge in [0.1, 0.15) is 23.9 Å². The van der Waals surface area contributed by atoms with Gasteiger partial charge in [-0.25, -0.2) is 0 Å². The minimum Gasteiger partial charge on any atom is -0.508 e. The van der Waals surface area contributed by atoms with Crippen LogP contribution in [0.3, 0.4) is 0 Å². The lowest BCUT2D eigenvalue weighted by Gasteiger charge is -2.30. The Labute approximate surface area is 401 Å². The van der Waals surface area contributed by atoms with Crippen LogP contribution in [0.4, 0.5) is 0 Å². The van der Waals surface area contributed by atoms with Crippen molar-refractivity contribution in [2.24, 2.45) is 29.4 Å². The fourth-order valence-electron chi connectivity index (χ4n) is 8.37. The van der Waals surface area contributed by atoms with Crippen LogP contribution in [0.2, 0.25) is 0 Å². The van der Waals surface area contributed by atoms with Crippen LogP contribution in [0.25, 0.3) is 0 Å². The molecule has 0 bridgehead atoms. The van der Waals surface area contributed by atoms with Crippen LogP contribution < -0.4 is 27.0 Å². The lowest BCUT2D eigenvalue weighted by Crippen LogP contribution is -2.58. The summed E-state index contributed by atoms with van der Waals surface area (Å²) in [7, 11) is 0. The number of hydrogen-bond acceptors (Lipinski definition) is 13. The Bertz CT molecular complexity index is 1840. The molecule has 2 rings (SSSR count). The standard InChI is InChI=1S/C50H80N6O12/c1-8-10-11-12-13-14-15-16-17-18-35(24-31(5)51)39(59)28-43(63)54-46-33(7)68-50(67)30(4)23-40(60)38(27-42(52)62)53-48(65)45(32(6)57)56-47(64)36(25-34-19-21-37(58)22-20-34)26-41(61)44(29(3)9-2)55-49(46)66/h19-22,29-30,32-33,35-36,38-39,44-46,51,57-59H,8-18,23-28H2,1-7H3,(H2,52,62)(H,53,65)(H,54,63)(H,55,66)(H,56,64). The molecular weight excluding hydrogens is 877 g/mol. The summed E-state index contributed by atoms with van der Waals surface area (Å²) in [6.07, 6.45) is 4.61. The Hall–Kier alpha value is -5.23. The number of ketones is 2. The zero-order chi connectivity index (χ0) is 51.1. The molecule has 11 atom stereocenters. The summed E-state index contributed by atoms with van der Waals surface area (Å²) >= 11 is 0. The Kier molecular flexibility index (Phi) is 26.2. The van der Waals surface area contributed by atoms with E-state index in [1.165, 1.54) is 77.1 Å². The molecule has 0 radical (unpaired) electrons. The first kappa shape index (κ1) is 58.9. The fraction of sp³-hybridized carbons (Fsp3) is 0.700. The van der Waals surface area contributed by atoms with E-state index < -0.39 is 139 Å². The number of benzene rings is 1. The van der Waals surface area contributed by atoms with E-state index in [4.69, 9.17) is 15.9 Å². The number of hydrogen-bond donors (Lipinski definition) is 9. The third-order valence-electron chi connectivity index (χ3n) is 12.7. The molecule has 1 saturated heterocycles. The molecule has 10 N–H and O–H groups in total. The van der Waals surface area contributed by atoms with Gasteiger partial charge in [-0.05, 0) is 69.6 Å². The predicted octanol–water partition coefficient (Wildman–Crippen LogP) is 4.01. The van der Waals surface area contributed by atoms with Gasteiger partial charge in [-0.2, -0.15) is 0 Å². The van der Waals surface area contributed by atoms with Crippen molar-refractivity contribution in [2.75, 3.05) is 0 Å². The van der Waals surface area contributed by atoms with Crippen LogP contribution in [0.15, 0.2) is 24.3 Å². The van der Waals surface area contributed by atoms with Crippen molar-refractivity contribution in [1.82, 2.24) is 21.3 Å². The van der Waals surface area contributed by atoms with E-state index >= 15 is 0 Å². The van der Waals surface area contributed by atoms with E-state index in [-0.39, 0.29) is 18.6 Å². The van der Waals surface area contributed by atoms with Crippen molar-refractivity contribution in [2.45, 2.75) is 200 Å². The zero-order valence-electron chi connectivity index (χ0n) is 41.3. The highest BCUT2D eigenvalue weighted by atomic mass is 16.5. The number of nitrogens with two attached hydrogens (primary N) is 1. The van der Waals surface area contributed by atoms with Gasteiger partial charge in [0.05, 0.1) is 43.1 Å². The van der Waals surface area contributed by atoms with E-state index in [0.29, 0.717) is 24.1 Å². The number of rotatable bonds is 23. The second-order valence-electron chi connectivity index (χ2n) is 19.0. The van der Waals surface area contributed by atoms with Crippen LogP contribution >= 0.6 is 0 Å². The van der Waals surface area contributed by atoms with Crippen LogP contribution in [-0.2, 0) is 49.5 Å². The quantitative estimate of drug-likeness (QED) is 0.0427. The summed E-state index contributed by atoms with van der Waals surface area (Å²) in [5, 5.41) is 50.3. The maximum Gasteiger partial charge on any atom is 0.309 e. The van der Waals surface area contributed by atoms with E-state index in [9.17, 15) is 53.7 Å². The highest BCUT2D eigenvalue weighted by molar-refractivity contribution is 5.98. The highest BCUT2D eigenvalue weighted by Gasteiger charge is 2.39. The average Bonchev–Trinajstić information content (AvgIpc) is 3.26. The molecule has 1 aliphatic rings. The molecule has 1 aliphatic heterocycles. The summed E-state index contributed by atoms with van der Waals surface area (Å²) < 4.78 is 5.69. The van der Waals surface area contributed by atoms with Gasteiger partial charge in [-0.15, -0.1) is 0 Å². The molecule has 1 aromatic carbocycles. The number of aliphatic hydroxyl groups is 2. The van der Waals surface area contributed by atoms with Crippen LogP contribution in [0, 0.1) is 29.1 Å². The van der Waals surface area contributed by atoms with E-state index in [1.54, 1.807) is 20.8 Å². The summed E-state index contributed by atoms with van der Waals surface area (Å²) in [5.74, 6) is -10.4. The minimum absolute atomic E-state index is 0.0546. The maximum atomic E-state index is 14.4. The van der Waals surface area contributed by atoms with Gasteiger partial charge in [-0.3, -0.25) is 38.4 Å². The van der Waals surface area contributed by atoms with Gasteiger partial charge in [0.25, 0.3) is 0 Å². The van der Waals surface area contributed by atoms with Crippen molar-refractivity contribution in [1.29, 1.82) is 5.41 Å². The Morgan fingerprint density at radius 1 is 0.809 bits per heavy atom. The van der Waals surface area contributed by atoms with Crippen molar-refractivity contribution < 1.29 is 58.4 Å². The van der Waals surface area contributed by atoms with Gasteiger partial charge < -0.3 is 52.5 Å². The average molecular weight is 957 g/mol. The number of ether oxygens (including phenoxy) is 1. The number of cyclic esters (lactones) is 1. The smallest absolute Gasteiger partial charge is 0.309 e. The number of phenolic OH excluding ortho intramolecular Hbond substituents is 1. The molecule has 18 heteroatoms. The third kappa shape index (κ3) is 21.0. The van der Waals surface area contributed by atoms with Crippen LogP contribution in [0.5, 0.6) is 5.75 Å². The molecular formula is C50H80N6O12. The van der Waals surface area contributed by atoms with Gasteiger partial charge in [0, 0.05) is 24.5 Å². The van der Waals surface area contributed by atoms with Gasteiger partial charge >= 0.3 is 5.97 Å². The number of Topliss-reactive ketones (excluding diaryl/α,β-unsaturated/α-hetero) is 2. The number of unbranched alkanes of at least 4 members (excludes halogenated alkanes) is 8. The Balaban J connectivity index is 2.56. The van der Waals surface area contributed by atoms with Gasteiger partial charge in [0.2, 0.25) is 29.5 Å². The summed E-state index contributed by atoms with van der Waals surface area (Å²) in [4.78, 5) is 110. The summed E-state index contributed by atoms with van der Waals surface area (Å²) in [6.45, 7) is 11.2. The van der Waals surface area contributed by atoms with Crippen molar-refractivity contribution in [3.8, 4) is 5.75 Å². The summed E-state index contributed by atoms with van der Waals surface area (Å²) in [6, 6.07) is -0.327. The second-order valence-corrected chi connectivity index (χ2v) is 19.0. The molecule has 382 valence electrons. The Morgan fingerprint density at radius 3 is 1.96 bits per heavy atom. The van der Waals surface area contributed by atoms with Crippen molar-refractivity contribution in [3.63, 3.8) is 0 Å². The summed E-state index contributed by atoms with van der Waals surface area (Å²) in [5.41, 5.74) is 6.28. The largest absolute Gasteiger partial charge is 0.508 e. The predicted molar refractivity (Wildman–Crippen MR) is 256 cm³/mol. The third-order valence-corrected chi connectivity index (χ3v) is 12.7. The number of carbonyl (C=O) groups excluding carboxylic acids is 8.